The van der Waals surface area contributed by atoms with Crippen LogP contribution in [0.1, 0.15) is 25.2 Å². The van der Waals surface area contributed by atoms with Gasteiger partial charge >= 0.3 is 58.4 Å². The Bertz CT molecular complexity index is 387. The predicted octanol–water partition coefficient (Wildman–Crippen LogP) is -0.0453. The Hall–Kier alpha value is 0.441. The minimum Gasteiger partial charge on any atom is -0.445 e. The van der Waals surface area contributed by atoms with Gasteiger partial charge in [0, 0.05) is 12.2 Å². The van der Waals surface area contributed by atoms with Crippen LogP contribution < -0.4 is 51.4 Å². The molecule has 2 nitrogen and oxygen atoms in total. The van der Waals surface area contributed by atoms with Crippen LogP contribution in [0.25, 0.3) is 0 Å². The molecule has 0 unspecified atom stereocenters. The number of hydrogen-bond acceptors (Lipinski definition) is 1. The monoisotopic (exact) mass is 270 g/mol. The van der Waals surface area contributed by atoms with Crippen molar-refractivity contribution in [2.45, 2.75) is 33.2 Å². The van der Waals surface area contributed by atoms with E-state index in [4.69, 9.17) is 0 Å². The average Bonchev–Trinajstić information content (AvgIpc) is 2.59. The van der Waals surface area contributed by atoms with Gasteiger partial charge in [0.05, 0.1) is 5.69 Å². The summed E-state index contributed by atoms with van der Waals surface area (Å²) in [6.45, 7) is 1.67. The molecule has 0 spiro atoms. The molecule has 0 N–H and O–H groups in total. The van der Waals surface area contributed by atoms with Crippen molar-refractivity contribution in [3.63, 3.8) is 0 Å². The number of halogens is 3. The molecule has 0 aliphatic heterocycles. The molecule has 1 aromatic heterocycles. The van der Waals surface area contributed by atoms with E-state index < -0.39 is 12.4 Å². The van der Waals surface area contributed by atoms with Gasteiger partial charge in [-0.05, 0) is 18.9 Å². The summed E-state index contributed by atoms with van der Waals surface area (Å²) in [4.78, 5) is 0. The second kappa shape index (κ2) is 7.13. The van der Waals surface area contributed by atoms with E-state index >= 15 is 0 Å². The van der Waals surface area contributed by atoms with Crippen molar-refractivity contribution in [3.05, 3.63) is 29.5 Å². The topological polar surface area (TPSA) is 17.8 Å². The first-order valence-electron chi connectivity index (χ1n) is 5.31. The van der Waals surface area contributed by atoms with Crippen LogP contribution in [-0.4, -0.2) is 16.8 Å². The number of hydrogen-bond donors (Lipinski definition) is 0. The predicted molar refractivity (Wildman–Crippen MR) is 59.2 cm³/mol. The van der Waals surface area contributed by atoms with E-state index in [1.807, 2.05) is 19.9 Å². The molecule has 0 amide bonds. The Labute approximate surface area is 142 Å². The largest absolute Gasteiger partial charge is 1.00 e. The van der Waals surface area contributed by atoms with E-state index in [9.17, 15) is 12.9 Å². The number of aromatic nitrogens is 2. The van der Waals surface area contributed by atoms with Crippen LogP contribution >= 0.6 is 0 Å². The fourth-order valence-electron chi connectivity index (χ4n) is 1.41. The van der Waals surface area contributed by atoms with Gasteiger partial charge in [0.25, 0.3) is 0 Å². The van der Waals surface area contributed by atoms with Crippen LogP contribution in [0.15, 0.2) is 18.1 Å². The van der Waals surface area contributed by atoms with Gasteiger partial charge in [-0.15, -0.1) is 12.1 Å². The quantitative estimate of drug-likeness (QED) is 0.686. The Kier molecular flexibility index (Phi) is 7.32. The van der Waals surface area contributed by atoms with Crippen LogP contribution in [0.5, 0.6) is 0 Å². The van der Waals surface area contributed by atoms with Crippen LogP contribution in [0.3, 0.4) is 0 Å². The first-order valence-corrected chi connectivity index (χ1v) is 5.31. The molecule has 1 rings (SSSR count). The maximum Gasteiger partial charge on any atom is 1.00 e. The summed E-state index contributed by atoms with van der Waals surface area (Å²) in [6, 6.07) is 1.84. The van der Waals surface area contributed by atoms with Crippen LogP contribution in [-0.2, 0) is 19.4 Å². The van der Waals surface area contributed by atoms with Gasteiger partial charge in [0.15, 0.2) is 0 Å². The van der Waals surface area contributed by atoms with Gasteiger partial charge in [0.2, 0.25) is 0 Å². The molecule has 0 atom stereocenters. The Morgan fingerprint density at radius 1 is 1.35 bits per heavy atom. The molecule has 0 bridgehead atoms. The molecule has 0 fully saturated rings. The summed E-state index contributed by atoms with van der Waals surface area (Å²) in [7, 11) is 0. The summed E-state index contributed by atoms with van der Waals surface area (Å²) >= 11 is 0. The molecule has 17 heavy (non-hydrogen) atoms. The molecule has 0 aromatic carbocycles. The van der Waals surface area contributed by atoms with Gasteiger partial charge in [-0.25, -0.2) is 0 Å². The minimum absolute atomic E-state index is 0. The van der Waals surface area contributed by atoms with Crippen molar-refractivity contribution in [3.8, 4) is 0 Å². The summed E-state index contributed by atoms with van der Waals surface area (Å²) in [6.07, 6.45) is 1.40. The van der Waals surface area contributed by atoms with E-state index in [1.165, 1.54) is 4.68 Å². The molecule has 0 aliphatic rings. The molecule has 1 heterocycles. The zero-order chi connectivity index (χ0) is 12.3. The number of aryl methyl sites for hydroxylation is 2. The number of nitrogens with zero attached hydrogens (tertiary/aromatic N) is 2. The first kappa shape index (κ1) is 17.4. The Morgan fingerprint density at radius 2 is 1.94 bits per heavy atom. The molecule has 90 valence electrons. The van der Waals surface area contributed by atoms with Crippen molar-refractivity contribution in [1.82, 2.24) is 9.78 Å². The van der Waals surface area contributed by atoms with E-state index in [1.54, 1.807) is 0 Å². The van der Waals surface area contributed by atoms with Gasteiger partial charge in [-0.2, -0.15) is 5.10 Å². The Morgan fingerprint density at radius 3 is 2.35 bits per heavy atom. The summed E-state index contributed by atoms with van der Waals surface area (Å²) in [5.74, 6) is 0. The van der Waals surface area contributed by atoms with Crippen LogP contribution in [0.2, 0.25) is 0 Å². The molecular formula is C10H15BF3KN2. The van der Waals surface area contributed by atoms with Gasteiger partial charge in [-0.3, -0.25) is 4.68 Å². The summed E-state index contributed by atoms with van der Waals surface area (Å²) < 4.78 is 38.5. The maximum atomic E-state index is 12.4. The van der Waals surface area contributed by atoms with Crippen molar-refractivity contribution in [2.75, 3.05) is 0 Å². The number of allylic oxidation sites excluding steroid dienone is 1. The van der Waals surface area contributed by atoms with E-state index in [0.29, 0.717) is 6.42 Å². The van der Waals surface area contributed by atoms with Gasteiger partial charge < -0.3 is 12.9 Å². The van der Waals surface area contributed by atoms with Crippen molar-refractivity contribution < 1.29 is 64.3 Å². The third-order valence-corrected chi connectivity index (χ3v) is 2.45. The van der Waals surface area contributed by atoms with Crippen molar-refractivity contribution in [2.24, 2.45) is 0 Å². The maximum absolute atomic E-state index is 12.4. The van der Waals surface area contributed by atoms with Gasteiger partial charge in [0.1, 0.15) is 0 Å². The fraction of sp³-hybridized carbons (Fsp3) is 0.500. The third-order valence-electron chi connectivity index (χ3n) is 2.45. The van der Waals surface area contributed by atoms with Crippen molar-refractivity contribution >= 4 is 6.98 Å². The molecule has 0 saturated carbocycles. The first-order chi connectivity index (χ1) is 7.38. The minimum atomic E-state index is -4.97. The Balaban J connectivity index is 0.00000256. The van der Waals surface area contributed by atoms with E-state index in [0.717, 1.165) is 17.8 Å². The smallest absolute Gasteiger partial charge is 0.445 e. The second-order valence-electron chi connectivity index (χ2n) is 3.72. The third kappa shape index (κ3) is 4.90. The summed E-state index contributed by atoms with van der Waals surface area (Å²) in [5, 5.41) is 4.12. The van der Waals surface area contributed by atoms with E-state index in [-0.39, 0.29) is 57.9 Å². The van der Waals surface area contributed by atoms with E-state index in [2.05, 4.69) is 11.7 Å². The normalized spacial score (nSPS) is 11.1. The molecule has 0 radical (unpaired) electrons. The average molecular weight is 270 g/mol. The molecule has 0 saturated heterocycles. The fourth-order valence-corrected chi connectivity index (χ4v) is 1.41. The van der Waals surface area contributed by atoms with Gasteiger partial charge in [-0.1, -0.05) is 13.8 Å². The molecule has 1 aromatic rings. The molecular weight excluding hydrogens is 255 g/mol. The standard InChI is InChI=1S/C10H15BF3N2.K/c1-4-9-6-10(5-2)16(15-9)7-8(3)11(12,13)14;/h6H,3-5,7H2,1-2H3;/q-1;+1. The zero-order valence-corrected chi connectivity index (χ0v) is 13.6. The number of rotatable bonds is 5. The zero-order valence-electron chi connectivity index (χ0n) is 10.5. The molecule has 0 aliphatic carbocycles. The second-order valence-corrected chi connectivity index (χ2v) is 3.72. The summed E-state index contributed by atoms with van der Waals surface area (Å²) in [5.41, 5.74) is 0.929. The van der Waals surface area contributed by atoms with Crippen LogP contribution in [0, 0.1) is 0 Å². The van der Waals surface area contributed by atoms with Crippen molar-refractivity contribution in [1.29, 1.82) is 0 Å². The molecule has 7 heteroatoms. The SMILES string of the molecule is C=C(Cn1nc(CC)cc1CC)[B-](F)(F)F.[K+]. The van der Waals surface area contributed by atoms with Crippen LogP contribution in [0.4, 0.5) is 12.9 Å².